The molecular weight excluding hydrogens is 140 g/mol. The van der Waals surface area contributed by atoms with Crippen molar-refractivity contribution in [2.75, 3.05) is 28.3 Å². The Kier molecular flexibility index (Phi) is 7.19. The molecule has 0 rings (SSSR count). The first kappa shape index (κ1) is 11.4. The highest BCUT2D eigenvalue weighted by Crippen LogP contribution is 1.78. The standard InChI is InChI=1S/C5H13N2O.ClH/c1-6-5(8-4)7(2)3;/h6H,1-4H3;1H/q+1;/p-1. The minimum atomic E-state index is 0. The zero-order valence-corrected chi connectivity index (χ0v) is 6.99. The lowest BCUT2D eigenvalue weighted by molar-refractivity contribution is -0.0946. The molecule has 0 atom stereocenters. The van der Waals surface area contributed by atoms with Gasteiger partial charge in [0.15, 0.2) is 0 Å². The summed E-state index contributed by atoms with van der Waals surface area (Å²) in [7, 11) is 7.27. The lowest BCUT2D eigenvalue weighted by Crippen LogP contribution is -3.00. The molecule has 0 unspecified atom stereocenters. The van der Waals surface area contributed by atoms with E-state index in [1.165, 1.54) is 0 Å². The molecule has 0 aromatic carbocycles. The van der Waals surface area contributed by atoms with E-state index < -0.39 is 0 Å². The first-order valence-electron chi connectivity index (χ1n) is 2.48. The van der Waals surface area contributed by atoms with Crippen LogP contribution in [-0.2, 0) is 0 Å². The number of carbonyl (C=O) groups excluding carboxylic acids is 1. The number of hydrogen-bond donors (Lipinski definition) is 1. The highest BCUT2D eigenvalue weighted by Gasteiger charge is 2.06. The summed E-state index contributed by atoms with van der Waals surface area (Å²) in [6, 6.07) is 0.769. The summed E-state index contributed by atoms with van der Waals surface area (Å²) in [4.78, 5) is 1.86. The van der Waals surface area contributed by atoms with E-state index in [2.05, 4.69) is 5.32 Å². The molecule has 3 nitrogen and oxygen atoms in total. The normalized spacial score (nSPS) is 10.0. The van der Waals surface area contributed by atoms with Crippen molar-refractivity contribution in [1.82, 2.24) is 10.2 Å². The fourth-order valence-corrected chi connectivity index (χ4v) is 0.508. The largest absolute Gasteiger partial charge is 1.00 e. The van der Waals surface area contributed by atoms with Crippen molar-refractivity contribution in [2.45, 2.75) is 0 Å². The Morgan fingerprint density at radius 1 is 1.44 bits per heavy atom. The molecule has 0 aromatic heterocycles. The van der Waals surface area contributed by atoms with E-state index in [4.69, 9.17) is 4.42 Å². The maximum absolute atomic E-state index is 4.89. The zero-order valence-electron chi connectivity index (χ0n) is 6.23. The van der Waals surface area contributed by atoms with Gasteiger partial charge in [0.1, 0.15) is 0 Å². The smallest absolute Gasteiger partial charge is 0.501 e. The third kappa shape index (κ3) is 4.09. The summed E-state index contributed by atoms with van der Waals surface area (Å²) in [6.07, 6.45) is 0. The predicted octanol–water partition coefficient (Wildman–Crippen LogP) is -2.94. The van der Waals surface area contributed by atoms with Crippen LogP contribution in [0.15, 0.2) is 0 Å². The van der Waals surface area contributed by atoms with Crippen molar-refractivity contribution < 1.29 is 16.8 Å². The molecule has 0 saturated carbocycles. The SMILES string of the molecule is CNC(=[O+]C)N(C)C.[Cl-]. The average Bonchev–Trinajstić information content (AvgIpc) is 1.69. The van der Waals surface area contributed by atoms with Gasteiger partial charge >= 0.3 is 6.03 Å². The molecule has 9 heavy (non-hydrogen) atoms. The van der Waals surface area contributed by atoms with E-state index in [9.17, 15) is 0 Å². The Morgan fingerprint density at radius 2 is 1.89 bits per heavy atom. The molecule has 0 heterocycles. The third-order valence-corrected chi connectivity index (χ3v) is 0.813. The molecule has 1 N–H and O–H groups in total. The van der Waals surface area contributed by atoms with E-state index in [-0.39, 0.29) is 12.4 Å². The summed E-state index contributed by atoms with van der Waals surface area (Å²) in [6.45, 7) is 0. The molecule has 0 aromatic rings. The molecule has 0 aliphatic carbocycles. The topological polar surface area (TPSA) is 26.6 Å². The third-order valence-electron chi connectivity index (χ3n) is 0.813. The minimum absolute atomic E-state index is 0. The second-order valence-electron chi connectivity index (χ2n) is 1.65. The van der Waals surface area contributed by atoms with Gasteiger partial charge in [-0.05, 0) is 0 Å². The van der Waals surface area contributed by atoms with Crippen molar-refractivity contribution >= 4 is 6.03 Å². The Bertz CT molecular complexity index is 93.0. The van der Waals surface area contributed by atoms with E-state index in [1.54, 1.807) is 7.11 Å². The van der Waals surface area contributed by atoms with Gasteiger partial charge in [0.05, 0.1) is 0 Å². The van der Waals surface area contributed by atoms with Gasteiger partial charge in [-0.2, -0.15) is 0 Å². The Labute approximate surface area is 62.1 Å². The number of nitrogens with zero attached hydrogens (tertiary/aromatic N) is 1. The highest BCUT2D eigenvalue weighted by molar-refractivity contribution is 5.73. The average molecular weight is 153 g/mol. The van der Waals surface area contributed by atoms with E-state index in [0.717, 1.165) is 6.03 Å². The molecule has 0 bridgehead atoms. The molecule has 56 valence electrons. The number of halogens is 1. The molecule has 4 heteroatoms. The number of urea groups is 1. The lowest BCUT2D eigenvalue weighted by atomic mass is 10.8. The van der Waals surface area contributed by atoms with Crippen LogP contribution in [-0.4, -0.2) is 39.2 Å². The molecule has 2 amide bonds. The zero-order chi connectivity index (χ0) is 6.57. The van der Waals surface area contributed by atoms with Gasteiger partial charge in [-0.25, -0.2) is 4.42 Å². The van der Waals surface area contributed by atoms with Crippen LogP contribution in [0, 0.1) is 0 Å². The van der Waals surface area contributed by atoms with Crippen LogP contribution in [0.2, 0.25) is 0 Å². The molecule has 0 spiro atoms. The molecule has 0 radical (unpaired) electrons. The summed E-state index contributed by atoms with van der Waals surface area (Å²) >= 11 is 0. The highest BCUT2D eigenvalue weighted by atomic mass is 35.5. The number of hydrogen-bond acceptors (Lipinski definition) is 0. The van der Waals surface area contributed by atoms with Gasteiger partial charge in [0.25, 0.3) is 7.11 Å². The van der Waals surface area contributed by atoms with Gasteiger partial charge in [-0.15, -0.1) is 0 Å². The van der Waals surface area contributed by atoms with Crippen LogP contribution in [0.3, 0.4) is 0 Å². The number of amides is 2. The summed E-state index contributed by atoms with van der Waals surface area (Å²) in [5.41, 5.74) is 0. The Balaban J connectivity index is 0. The molecule has 0 fully saturated rings. The second kappa shape index (κ2) is 5.69. The predicted molar refractivity (Wildman–Crippen MR) is 34.1 cm³/mol. The molecule has 0 aliphatic rings. The van der Waals surface area contributed by atoms with Crippen molar-refractivity contribution in [1.29, 1.82) is 0 Å². The maximum Gasteiger partial charge on any atom is 0.501 e. The van der Waals surface area contributed by atoms with Crippen LogP contribution < -0.4 is 17.7 Å². The van der Waals surface area contributed by atoms with Crippen LogP contribution in [0.5, 0.6) is 0 Å². The van der Waals surface area contributed by atoms with Gasteiger partial charge in [0.2, 0.25) is 0 Å². The van der Waals surface area contributed by atoms with Crippen molar-refractivity contribution in [3.8, 4) is 0 Å². The van der Waals surface area contributed by atoms with E-state index >= 15 is 0 Å². The molecular formula is C5H13ClN2O. The van der Waals surface area contributed by atoms with Crippen LogP contribution in [0.1, 0.15) is 0 Å². The summed E-state index contributed by atoms with van der Waals surface area (Å²) in [5.74, 6) is 0. The number of nitrogens with one attached hydrogen (secondary N) is 1. The van der Waals surface area contributed by atoms with Gasteiger partial charge in [-0.1, -0.05) is 0 Å². The van der Waals surface area contributed by atoms with Crippen LogP contribution in [0.4, 0.5) is 4.42 Å². The lowest BCUT2D eigenvalue weighted by Gasteiger charge is -2.02. The minimum Gasteiger partial charge on any atom is -1.00 e. The van der Waals surface area contributed by atoms with Crippen molar-refractivity contribution in [3.63, 3.8) is 0 Å². The Hall–Kier alpha value is -0.440. The van der Waals surface area contributed by atoms with Crippen LogP contribution in [0.25, 0.3) is 0 Å². The van der Waals surface area contributed by atoms with Gasteiger partial charge in [0, 0.05) is 21.1 Å². The monoisotopic (exact) mass is 152 g/mol. The quantitative estimate of drug-likeness (QED) is 0.360. The summed E-state index contributed by atoms with van der Waals surface area (Å²) < 4.78 is 4.89. The fourth-order valence-electron chi connectivity index (χ4n) is 0.508. The van der Waals surface area contributed by atoms with Crippen molar-refractivity contribution in [2.24, 2.45) is 0 Å². The van der Waals surface area contributed by atoms with Gasteiger partial charge < -0.3 is 12.4 Å². The van der Waals surface area contributed by atoms with Crippen molar-refractivity contribution in [3.05, 3.63) is 0 Å². The Morgan fingerprint density at radius 3 is 1.89 bits per heavy atom. The second-order valence-corrected chi connectivity index (χ2v) is 1.65. The van der Waals surface area contributed by atoms with Gasteiger partial charge in [-0.3, -0.25) is 10.2 Å². The molecule has 0 saturated heterocycles. The first-order chi connectivity index (χ1) is 3.72. The maximum atomic E-state index is 4.89. The van der Waals surface area contributed by atoms with E-state index in [1.807, 2.05) is 26.0 Å². The molecule has 0 aliphatic heterocycles. The summed E-state index contributed by atoms with van der Waals surface area (Å²) in [5, 5.41) is 2.87. The first-order valence-corrected chi connectivity index (χ1v) is 2.48. The fraction of sp³-hybridized carbons (Fsp3) is 0.800. The van der Waals surface area contributed by atoms with E-state index in [0.29, 0.717) is 0 Å². The van der Waals surface area contributed by atoms with Crippen LogP contribution >= 0.6 is 0 Å². The number of rotatable bonds is 0.